The van der Waals surface area contributed by atoms with Crippen molar-refractivity contribution in [3.8, 4) is 5.75 Å². The molecule has 1 aromatic carbocycles. The average Bonchev–Trinajstić information content (AvgIpc) is 2.67. The Kier molecular flexibility index (Phi) is 4.11. The van der Waals surface area contributed by atoms with E-state index in [0.717, 1.165) is 22.6 Å². The molecule has 0 spiro atoms. The van der Waals surface area contributed by atoms with Crippen LogP contribution in [0.15, 0.2) is 22.6 Å². The Balaban J connectivity index is 2.52. The Morgan fingerprint density at radius 3 is 2.40 bits per heavy atom. The van der Waals surface area contributed by atoms with Crippen LogP contribution in [0.1, 0.15) is 34.3 Å². The molecule has 0 fully saturated rings. The number of halogens is 1. The van der Waals surface area contributed by atoms with Gasteiger partial charge in [0.1, 0.15) is 23.1 Å². The van der Waals surface area contributed by atoms with Gasteiger partial charge in [-0.05, 0) is 32.4 Å². The van der Waals surface area contributed by atoms with E-state index in [4.69, 9.17) is 15.0 Å². The summed E-state index contributed by atoms with van der Waals surface area (Å²) in [5.41, 5.74) is 4.97. The molecule has 20 heavy (non-hydrogen) atoms. The molecule has 5 heteroatoms. The number of ether oxygens (including phenoxy) is 1. The first-order valence-electron chi connectivity index (χ1n) is 6.35. The van der Waals surface area contributed by atoms with Crippen molar-refractivity contribution in [2.24, 2.45) is 5.84 Å². The van der Waals surface area contributed by atoms with Crippen LogP contribution < -0.4 is 16.0 Å². The minimum Gasteiger partial charge on any atom is -0.497 e. The topological polar surface area (TPSA) is 60.4 Å². The standard InChI is InChI=1S/C15H19FN2O2/c1-8-9(2)20-10(3)14(8)15(18-17)12-6-5-11(19-4)7-13(12)16/h5-7,15,18H,17H2,1-4H3. The Morgan fingerprint density at radius 2 is 1.95 bits per heavy atom. The van der Waals surface area contributed by atoms with Gasteiger partial charge < -0.3 is 9.15 Å². The third-order valence-corrected chi connectivity index (χ3v) is 3.59. The van der Waals surface area contributed by atoms with Crippen LogP contribution in [0.2, 0.25) is 0 Å². The van der Waals surface area contributed by atoms with Gasteiger partial charge in [-0.25, -0.2) is 9.82 Å². The molecule has 4 nitrogen and oxygen atoms in total. The smallest absolute Gasteiger partial charge is 0.132 e. The van der Waals surface area contributed by atoms with Gasteiger partial charge in [0.05, 0.1) is 13.2 Å². The number of furan rings is 1. The van der Waals surface area contributed by atoms with E-state index in [1.165, 1.54) is 13.2 Å². The van der Waals surface area contributed by atoms with Gasteiger partial charge in [0, 0.05) is 17.2 Å². The molecule has 108 valence electrons. The Hall–Kier alpha value is -1.85. The summed E-state index contributed by atoms with van der Waals surface area (Å²) >= 11 is 0. The normalized spacial score (nSPS) is 12.5. The number of methoxy groups -OCH3 is 1. The first-order chi connectivity index (χ1) is 9.49. The van der Waals surface area contributed by atoms with Crippen LogP contribution in [-0.4, -0.2) is 7.11 Å². The monoisotopic (exact) mass is 278 g/mol. The first kappa shape index (κ1) is 14.6. The molecule has 1 aromatic heterocycles. The highest BCUT2D eigenvalue weighted by atomic mass is 19.1. The third kappa shape index (κ3) is 2.42. The number of benzene rings is 1. The summed E-state index contributed by atoms with van der Waals surface area (Å²) in [5, 5.41) is 0. The number of nitrogens with one attached hydrogen (secondary N) is 1. The van der Waals surface area contributed by atoms with Crippen LogP contribution in [-0.2, 0) is 0 Å². The van der Waals surface area contributed by atoms with Gasteiger partial charge in [0.15, 0.2) is 0 Å². The van der Waals surface area contributed by atoms with Crippen LogP contribution in [0.5, 0.6) is 5.75 Å². The fraction of sp³-hybridized carbons (Fsp3) is 0.333. The lowest BCUT2D eigenvalue weighted by Crippen LogP contribution is -2.30. The van der Waals surface area contributed by atoms with E-state index in [0.29, 0.717) is 11.3 Å². The predicted molar refractivity (Wildman–Crippen MR) is 75.0 cm³/mol. The van der Waals surface area contributed by atoms with Crippen LogP contribution in [0.4, 0.5) is 4.39 Å². The zero-order chi connectivity index (χ0) is 14.9. The third-order valence-electron chi connectivity index (χ3n) is 3.59. The lowest BCUT2D eigenvalue weighted by Gasteiger charge is -2.18. The highest BCUT2D eigenvalue weighted by Crippen LogP contribution is 2.33. The summed E-state index contributed by atoms with van der Waals surface area (Å²) in [6, 6.07) is 4.26. The van der Waals surface area contributed by atoms with E-state index in [1.54, 1.807) is 12.1 Å². The molecular formula is C15H19FN2O2. The van der Waals surface area contributed by atoms with Crippen molar-refractivity contribution in [3.05, 3.63) is 52.2 Å². The molecule has 0 aliphatic rings. The van der Waals surface area contributed by atoms with Crippen molar-refractivity contribution in [3.63, 3.8) is 0 Å². The zero-order valence-electron chi connectivity index (χ0n) is 12.1. The van der Waals surface area contributed by atoms with E-state index in [2.05, 4.69) is 5.43 Å². The second kappa shape index (κ2) is 5.64. The molecule has 0 radical (unpaired) electrons. The summed E-state index contributed by atoms with van der Waals surface area (Å²) in [4.78, 5) is 0. The zero-order valence-corrected chi connectivity index (χ0v) is 12.1. The molecule has 1 heterocycles. The van der Waals surface area contributed by atoms with Crippen molar-refractivity contribution in [1.82, 2.24) is 5.43 Å². The van der Waals surface area contributed by atoms with Gasteiger partial charge in [0.25, 0.3) is 0 Å². The van der Waals surface area contributed by atoms with Crippen molar-refractivity contribution in [1.29, 1.82) is 0 Å². The molecular weight excluding hydrogens is 259 g/mol. The lowest BCUT2D eigenvalue weighted by molar-refractivity contribution is 0.410. The molecule has 0 aliphatic heterocycles. The Morgan fingerprint density at radius 1 is 1.25 bits per heavy atom. The summed E-state index contributed by atoms with van der Waals surface area (Å²) in [6.07, 6.45) is 0. The average molecular weight is 278 g/mol. The van der Waals surface area contributed by atoms with Crippen LogP contribution in [0.3, 0.4) is 0 Å². The molecule has 0 saturated carbocycles. The SMILES string of the molecule is COc1ccc(C(NN)c2c(C)oc(C)c2C)c(F)c1. The van der Waals surface area contributed by atoms with Gasteiger partial charge >= 0.3 is 0 Å². The molecule has 0 bridgehead atoms. The molecule has 3 N–H and O–H groups in total. The molecule has 0 amide bonds. The number of hydrogen-bond donors (Lipinski definition) is 2. The molecule has 1 unspecified atom stereocenters. The fourth-order valence-electron chi connectivity index (χ4n) is 2.43. The molecule has 1 atom stereocenters. The second-order valence-corrected chi connectivity index (χ2v) is 4.74. The maximum Gasteiger partial charge on any atom is 0.132 e. The Bertz CT molecular complexity index is 623. The lowest BCUT2D eigenvalue weighted by atomic mass is 9.95. The van der Waals surface area contributed by atoms with Gasteiger partial charge in [-0.1, -0.05) is 6.07 Å². The van der Waals surface area contributed by atoms with Crippen LogP contribution >= 0.6 is 0 Å². The van der Waals surface area contributed by atoms with Gasteiger partial charge in [-0.3, -0.25) is 5.84 Å². The van der Waals surface area contributed by atoms with Gasteiger partial charge in [-0.15, -0.1) is 0 Å². The maximum absolute atomic E-state index is 14.2. The quantitative estimate of drug-likeness (QED) is 0.667. The number of rotatable bonds is 4. The number of hydrazine groups is 1. The predicted octanol–water partition coefficient (Wildman–Crippen LogP) is 2.91. The van der Waals surface area contributed by atoms with E-state index in [1.807, 2.05) is 20.8 Å². The number of nitrogens with two attached hydrogens (primary N) is 1. The van der Waals surface area contributed by atoms with Crippen molar-refractivity contribution < 1.29 is 13.5 Å². The number of aryl methyl sites for hydroxylation is 2. The second-order valence-electron chi connectivity index (χ2n) is 4.74. The highest BCUT2D eigenvalue weighted by Gasteiger charge is 2.24. The van der Waals surface area contributed by atoms with Gasteiger partial charge in [0.2, 0.25) is 0 Å². The van der Waals surface area contributed by atoms with E-state index >= 15 is 0 Å². The molecule has 2 rings (SSSR count). The van der Waals surface area contributed by atoms with Crippen molar-refractivity contribution in [2.45, 2.75) is 26.8 Å². The summed E-state index contributed by atoms with van der Waals surface area (Å²) in [7, 11) is 1.50. The fourth-order valence-corrected chi connectivity index (χ4v) is 2.43. The van der Waals surface area contributed by atoms with Gasteiger partial charge in [-0.2, -0.15) is 0 Å². The first-order valence-corrected chi connectivity index (χ1v) is 6.35. The Labute approximate surface area is 117 Å². The van der Waals surface area contributed by atoms with E-state index < -0.39 is 6.04 Å². The van der Waals surface area contributed by atoms with Crippen LogP contribution in [0, 0.1) is 26.6 Å². The van der Waals surface area contributed by atoms with Crippen LogP contribution in [0.25, 0.3) is 0 Å². The van der Waals surface area contributed by atoms with Crippen molar-refractivity contribution in [2.75, 3.05) is 7.11 Å². The largest absolute Gasteiger partial charge is 0.497 e. The minimum atomic E-state index is -0.460. The highest BCUT2D eigenvalue weighted by molar-refractivity contribution is 5.42. The minimum absolute atomic E-state index is 0.370. The number of hydrogen-bond acceptors (Lipinski definition) is 4. The summed E-state index contributed by atoms with van der Waals surface area (Å²) in [5.74, 6) is 7.28. The summed E-state index contributed by atoms with van der Waals surface area (Å²) < 4.78 is 24.8. The molecule has 0 saturated heterocycles. The molecule has 2 aromatic rings. The molecule has 0 aliphatic carbocycles. The van der Waals surface area contributed by atoms with E-state index in [-0.39, 0.29) is 5.82 Å². The summed E-state index contributed by atoms with van der Waals surface area (Å²) in [6.45, 7) is 5.66. The maximum atomic E-state index is 14.2. The van der Waals surface area contributed by atoms with E-state index in [9.17, 15) is 4.39 Å². The van der Waals surface area contributed by atoms with Crippen molar-refractivity contribution >= 4 is 0 Å².